The molecule has 0 saturated carbocycles. The second-order valence-corrected chi connectivity index (χ2v) is 5.77. The predicted octanol–water partition coefficient (Wildman–Crippen LogP) is 1.98. The number of fused-ring (bicyclic) bond motifs is 1. The maximum absolute atomic E-state index is 5.31. The minimum Gasteiger partial charge on any atom is -0.354 e. The quantitative estimate of drug-likeness (QED) is 0.837. The summed E-state index contributed by atoms with van der Waals surface area (Å²) < 4.78 is 12.8. The number of nitrogens with one attached hydrogen (secondary N) is 1. The second-order valence-electron chi connectivity index (χ2n) is 5.77. The third kappa shape index (κ3) is 2.52. The van der Waals surface area contributed by atoms with E-state index in [1.54, 1.807) is 14.2 Å². The van der Waals surface area contributed by atoms with E-state index in [1.165, 1.54) is 0 Å². The molecule has 2 rings (SSSR count). The highest BCUT2D eigenvalue weighted by Gasteiger charge is 2.28. The van der Waals surface area contributed by atoms with E-state index in [9.17, 15) is 0 Å². The van der Waals surface area contributed by atoms with Gasteiger partial charge in [-0.25, -0.2) is 4.98 Å². The number of imidazole rings is 1. The fourth-order valence-corrected chi connectivity index (χ4v) is 2.21. The Hall–Kier alpha value is -1.07. The largest absolute Gasteiger partial charge is 0.354 e. The Morgan fingerprint density at radius 3 is 2.61 bits per heavy atom. The standard InChI is InChI=1S/C13H23N3O2/c1-13(2,3)10-8-16-7-6-9(11(17-4)18-5)14-12(16)15-10/h8-9,11H,6-7H2,1-5H3,(H,14,15). The van der Waals surface area contributed by atoms with Gasteiger partial charge in [0, 0.05) is 32.4 Å². The zero-order valence-electron chi connectivity index (χ0n) is 11.9. The van der Waals surface area contributed by atoms with E-state index in [0.717, 1.165) is 24.6 Å². The molecule has 5 nitrogen and oxygen atoms in total. The highest BCUT2D eigenvalue weighted by molar-refractivity contribution is 5.34. The number of nitrogens with zero attached hydrogens (tertiary/aromatic N) is 2. The van der Waals surface area contributed by atoms with Crippen molar-refractivity contribution in [3.63, 3.8) is 0 Å². The van der Waals surface area contributed by atoms with Gasteiger partial charge in [0.2, 0.25) is 5.95 Å². The lowest BCUT2D eigenvalue weighted by Crippen LogP contribution is -2.40. The zero-order chi connectivity index (χ0) is 13.3. The van der Waals surface area contributed by atoms with Gasteiger partial charge in [0.15, 0.2) is 6.29 Å². The summed E-state index contributed by atoms with van der Waals surface area (Å²) in [4.78, 5) is 4.66. The number of aromatic nitrogens is 2. The fraction of sp³-hybridized carbons (Fsp3) is 0.769. The van der Waals surface area contributed by atoms with Crippen LogP contribution in [0.1, 0.15) is 32.9 Å². The number of hydrogen-bond acceptors (Lipinski definition) is 4. The Bertz CT molecular complexity index is 405. The second kappa shape index (κ2) is 4.90. The van der Waals surface area contributed by atoms with Gasteiger partial charge in [-0.2, -0.15) is 0 Å². The number of aryl methyl sites for hydroxylation is 1. The Labute approximate surface area is 108 Å². The van der Waals surface area contributed by atoms with E-state index in [1.807, 2.05) is 0 Å². The van der Waals surface area contributed by atoms with Crippen molar-refractivity contribution in [3.05, 3.63) is 11.9 Å². The van der Waals surface area contributed by atoms with Crippen molar-refractivity contribution in [1.82, 2.24) is 9.55 Å². The zero-order valence-corrected chi connectivity index (χ0v) is 11.9. The van der Waals surface area contributed by atoms with Gasteiger partial charge in [-0.15, -0.1) is 0 Å². The lowest BCUT2D eigenvalue weighted by atomic mass is 9.93. The summed E-state index contributed by atoms with van der Waals surface area (Å²) in [5.41, 5.74) is 1.18. The number of methoxy groups -OCH3 is 2. The van der Waals surface area contributed by atoms with Crippen LogP contribution in [0.4, 0.5) is 5.95 Å². The first-order valence-electron chi connectivity index (χ1n) is 6.35. The molecule has 1 aromatic heterocycles. The molecule has 1 N–H and O–H groups in total. The van der Waals surface area contributed by atoms with Gasteiger partial charge >= 0.3 is 0 Å². The normalized spacial score (nSPS) is 19.8. The summed E-state index contributed by atoms with van der Waals surface area (Å²) >= 11 is 0. The predicted molar refractivity (Wildman–Crippen MR) is 70.8 cm³/mol. The van der Waals surface area contributed by atoms with Gasteiger partial charge < -0.3 is 19.4 Å². The molecular weight excluding hydrogens is 230 g/mol. The molecule has 2 heterocycles. The SMILES string of the molecule is COC(OC)C1CCn2cc(C(C)(C)C)nc2N1. The summed E-state index contributed by atoms with van der Waals surface area (Å²) in [5.74, 6) is 0.912. The summed E-state index contributed by atoms with van der Waals surface area (Å²) in [5, 5.41) is 3.39. The molecule has 0 spiro atoms. The first-order valence-corrected chi connectivity index (χ1v) is 6.35. The molecule has 0 amide bonds. The first-order chi connectivity index (χ1) is 8.45. The van der Waals surface area contributed by atoms with Crippen molar-refractivity contribution in [2.75, 3.05) is 19.5 Å². The van der Waals surface area contributed by atoms with E-state index in [0.29, 0.717) is 0 Å². The average Bonchev–Trinajstić information content (AvgIpc) is 2.73. The highest BCUT2D eigenvalue weighted by Crippen LogP contribution is 2.27. The van der Waals surface area contributed by atoms with Gasteiger partial charge in [0.1, 0.15) is 0 Å². The van der Waals surface area contributed by atoms with Crippen molar-refractivity contribution in [3.8, 4) is 0 Å². The molecule has 1 unspecified atom stereocenters. The Morgan fingerprint density at radius 2 is 2.06 bits per heavy atom. The van der Waals surface area contributed by atoms with E-state index in [-0.39, 0.29) is 17.7 Å². The minimum atomic E-state index is -0.228. The van der Waals surface area contributed by atoms with Gasteiger partial charge in [-0.05, 0) is 6.42 Å². The van der Waals surface area contributed by atoms with Crippen molar-refractivity contribution >= 4 is 5.95 Å². The molecular formula is C13H23N3O2. The summed E-state index contributed by atoms with van der Waals surface area (Å²) in [6.07, 6.45) is 2.88. The van der Waals surface area contributed by atoms with Crippen molar-refractivity contribution in [2.24, 2.45) is 0 Å². The van der Waals surface area contributed by atoms with Crippen LogP contribution in [0.3, 0.4) is 0 Å². The maximum atomic E-state index is 5.31. The lowest BCUT2D eigenvalue weighted by molar-refractivity contribution is -0.114. The van der Waals surface area contributed by atoms with Crippen LogP contribution in [-0.2, 0) is 21.4 Å². The molecule has 0 aliphatic carbocycles. The number of ether oxygens (including phenoxy) is 2. The number of rotatable bonds is 3. The van der Waals surface area contributed by atoms with E-state index < -0.39 is 0 Å². The molecule has 5 heteroatoms. The van der Waals surface area contributed by atoms with Gasteiger partial charge in [-0.1, -0.05) is 20.8 Å². The van der Waals surface area contributed by atoms with Gasteiger partial charge in [-0.3, -0.25) is 0 Å². The molecule has 102 valence electrons. The smallest absolute Gasteiger partial charge is 0.203 e. The Balaban J connectivity index is 2.17. The van der Waals surface area contributed by atoms with E-state index >= 15 is 0 Å². The Morgan fingerprint density at radius 1 is 1.39 bits per heavy atom. The highest BCUT2D eigenvalue weighted by atomic mass is 16.7. The van der Waals surface area contributed by atoms with E-state index in [4.69, 9.17) is 9.47 Å². The van der Waals surface area contributed by atoms with Crippen LogP contribution in [0.15, 0.2) is 6.20 Å². The van der Waals surface area contributed by atoms with Crippen molar-refractivity contribution in [1.29, 1.82) is 0 Å². The van der Waals surface area contributed by atoms with Gasteiger partial charge in [0.05, 0.1) is 11.7 Å². The molecule has 1 aliphatic heterocycles. The van der Waals surface area contributed by atoms with Crippen LogP contribution in [0.25, 0.3) is 0 Å². The van der Waals surface area contributed by atoms with Gasteiger partial charge in [0.25, 0.3) is 0 Å². The Kier molecular flexibility index (Phi) is 3.64. The molecule has 1 atom stereocenters. The topological polar surface area (TPSA) is 48.3 Å². The summed E-state index contributed by atoms with van der Waals surface area (Å²) in [7, 11) is 3.33. The molecule has 0 fully saturated rings. The third-order valence-electron chi connectivity index (χ3n) is 3.33. The molecule has 0 bridgehead atoms. The summed E-state index contributed by atoms with van der Waals surface area (Å²) in [6.45, 7) is 7.46. The molecule has 0 saturated heterocycles. The monoisotopic (exact) mass is 253 g/mol. The average molecular weight is 253 g/mol. The minimum absolute atomic E-state index is 0.0728. The van der Waals surface area contributed by atoms with Crippen LogP contribution in [0, 0.1) is 0 Å². The van der Waals surface area contributed by atoms with Crippen LogP contribution in [0.2, 0.25) is 0 Å². The molecule has 1 aliphatic rings. The van der Waals surface area contributed by atoms with Crippen LogP contribution in [-0.4, -0.2) is 36.1 Å². The first kappa shape index (κ1) is 13.4. The van der Waals surface area contributed by atoms with Crippen LogP contribution >= 0.6 is 0 Å². The van der Waals surface area contributed by atoms with Crippen LogP contribution in [0.5, 0.6) is 0 Å². The molecule has 18 heavy (non-hydrogen) atoms. The third-order valence-corrected chi connectivity index (χ3v) is 3.33. The number of anilines is 1. The van der Waals surface area contributed by atoms with Crippen molar-refractivity contribution < 1.29 is 9.47 Å². The fourth-order valence-electron chi connectivity index (χ4n) is 2.21. The molecule has 1 aromatic rings. The van der Waals surface area contributed by atoms with Crippen LogP contribution < -0.4 is 5.32 Å². The van der Waals surface area contributed by atoms with E-state index in [2.05, 4.69) is 41.8 Å². The maximum Gasteiger partial charge on any atom is 0.203 e. The summed E-state index contributed by atoms with van der Waals surface area (Å²) in [6, 6.07) is 0.155. The lowest BCUT2D eigenvalue weighted by Gasteiger charge is -2.30. The molecule has 0 radical (unpaired) electrons. The molecule has 0 aromatic carbocycles. The number of hydrogen-bond donors (Lipinski definition) is 1. The van der Waals surface area contributed by atoms with Crippen molar-refractivity contribution in [2.45, 2.75) is 51.5 Å².